The van der Waals surface area contributed by atoms with E-state index in [9.17, 15) is 14.7 Å². The van der Waals surface area contributed by atoms with Gasteiger partial charge in [-0.2, -0.15) is 4.98 Å². The molecule has 0 aliphatic rings. The Hall–Kier alpha value is -3.85. The van der Waals surface area contributed by atoms with Gasteiger partial charge >= 0.3 is 5.69 Å². The number of H-pyrrole nitrogens is 1. The topological polar surface area (TPSA) is 105 Å². The van der Waals surface area contributed by atoms with Gasteiger partial charge in [0.15, 0.2) is 11.2 Å². The Bertz CT molecular complexity index is 1420. The van der Waals surface area contributed by atoms with Crippen LogP contribution in [-0.4, -0.2) is 44.0 Å². The van der Waals surface area contributed by atoms with Gasteiger partial charge in [-0.15, -0.1) is 0 Å². The molecule has 4 rings (SSSR count). The first kappa shape index (κ1) is 23.3. The van der Waals surface area contributed by atoms with Gasteiger partial charge in [0, 0.05) is 20.6 Å². The molecule has 0 amide bonds. The number of rotatable bonds is 8. The molecule has 0 spiro atoms. The number of anilines is 1. The molecule has 1 atom stereocenters. The number of aromatic nitrogens is 4. The van der Waals surface area contributed by atoms with Crippen LogP contribution in [-0.2, 0) is 20.1 Å². The Morgan fingerprint density at radius 2 is 1.85 bits per heavy atom. The van der Waals surface area contributed by atoms with Crippen LogP contribution in [0.3, 0.4) is 0 Å². The molecule has 0 fully saturated rings. The number of nitrogens with one attached hydrogen (secondary N) is 1. The average molecular weight is 464 g/mol. The fourth-order valence-corrected chi connectivity index (χ4v) is 3.87. The minimum Gasteiger partial charge on any atom is -0.491 e. The molecule has 9 heteroatoms. The zero-order chi connectivity index (χ0) is 24.4. The summed E-state index contributed by atoms with van der Waals surface area (Å²) in [6.07, 6.45) is -0.917. The second-order valence-corrected chi connectivity index (χ2v) is 8.57. The van der Waals surface area contributed by atoms with Crippen LogP contribution in [0, 0.1) is 13.8 Å². The lowest BCUT2D eigenvalue weighted by Crippen LogP contribution is -2.31. The highest BCUT2D eigenvalue weighted by atomic mass is 16.5. The molecular weight excluding hydrogens is 434 g/mol. The van der Waals surface area contributed by atoms with Gasteiger partial charge in [0.1, 0.15) is 18.5 Å². The van der Waals surface area contributed by atoms with Crippen LogP contribution in [0.1, 0.15) is 16.7 Å². The number of imidazole rings is 1. The van der Waals surface area contributed by atoms with Crippen LogP contribution in [0.5, 0.6) is 5.75 Å². The summed E-state index contributed by atoms with van der Waals surface area (Å²) in [4.78, 5) is 33.7. The van der Waals surface area contributed by atoms with E-state index >= 15 is 0 Å². The molecule has 0 radical (unpaired) electrons. The zero-order valence-electron chi connectivity index (χ0n) is 19.8. The lowest BCUT2D eigenvalue weighted by Gasteiger charge is -2.21. The van der Waals surface area contributed by atoms with Gasteiger partial charge in [-0.05, 0) is 42.7 Å². The fraction of sp³-hybridized carbons (Fsp3) is 0.320. The number of hydrogen-bond acceptors (Lipinski definition) is 6. The summed E-state index contributed by atoms with van der Waals surface area (Å²) < 4.78 is 8.74. The van der Waals surface area contributed by atoms with E-state index in [0.29, 0.717) is 18.2 Å². The van der Waals surface area contributed by atoms with Gasteiger partial charge in [-0.3, -0.25) is 14.3 Å². The molecule has 0 unspecified atom stereocenters. The molecular formula is C25H29N5O4. The molecule has 0 saturated carbocycles. The summed E-state index contributed by atoms with van der Waals surface area (Å²) in [7, 11) is 3.41. The molecule has 34 heavy (non-hydrogen) atoms. The molecule has 0 bridgehead atoms. The summed E-state index contributed by atoms with van der Waals surface area (Å²) in [6.45, 7) is 4.66. The summed E-state index contributed by atoms with van der Waals surface area (Å²) >= 11 is 0. The summed E-state index contributed by atoms with van der Waals surface area (Å²) in [5.41, 5.74) is 2.71. The van der Waals surface area contributed by atoms with E-state index in [-0.39, 0.29) is 24.3 Å². The number of aliphatic hydroxyl groups excluding tert-OH is 1. The smallest absolute Gasteiger partial charge is 0.329 e. The number of ether oxygens (including phenoxy) is 1. The van der Waals surface area contributed by atoms with Crippen molar-refractivity contribution in [3.05, 3.63) is 86.1 Å². The average Bonchev–Trinajstić information content (AvgIpc) is 3.19. The normalized spacial score (nSPS) is 12.1. The molecule has 0 saturated heterocycles. The van der Waals surface area contributed by atoms with E-state index in [0.717, 1.165) is 16.7 Å². The monoisotopic (exact) mass is 463 g/mol. The highest BCUT2D eigenvalue weighted by molar-refractivity contribution is 5.74. The fourth-order valence-electron chi connectivity index (χ4n) is 3.87. The van der Waals surface area contributed by atoms with E-state index in [2.05, 4.69) is 9.97 Å². The van der Waals surface area contributed by atoms with Crippen LogP contribution < -0.4 is 20.9 Å². The number of nitrogens with zero attached hydrogens (tertiary/aromatic N) is 4. The van der Waals surface area contributed by atoms with Crippen molar-refractivity contribution in [3.8, 4) is 5.75 Å². The van der Waals surface area contributed by atoms with Gasteiger partial charge in [0.25, 0.3) is 5.56 Å². The Morgan fingerprint density at radius 3 is 2.56 bits per heavy atom. The molecule has 0 aliphatic heterocycles. The van der Waals surface area contributed by atoms with Crippen molar-refractivity contribution in [1.29, 1.82) is 0 Å². The quantitative estimate of drug-likeness (QED) is 0.415. The minimum atomic E-state index is -0.917. The number of benzene rings is 2. The maximum absolute atomic E-state index is 12.7. The van der Waals surface area contributed by atoms with Crippen LogP contribution >= 0.6 is 0 Å². The number of aryl methyl sites for hydroxylation is 3. The van der Waals surface area contributed by atoms with Crippen LogP contribution in [0.2, 0.25) is 0 Å². The second-order valence-electron chi connectivity index (χ2n) is 8.57. The Balaban J connectivity index is 1.65. The van der Waals surface area contributed by atoms with E-state index in [1.807, 2.05) is 74.3 Å². The highest BCUT2D eigenvalue weighted by Crippen LogP contribution is 2.21. The van der Waals surface area contributed by atoms with Gasteiger partial charge in [0.05, 0.1) is 6.54 Å². The molecule has 178 valence electrons. The number of aromatic amines is 1. The molecule has 2 heterocycles. The van der Waals surface area contributed by atoms with Crippen molar-refractivity contribution < 1.29 is 9.84 Å². The third-order valence-electron chi connectivity index (χ3n) is 5.90. The van der Waals surface area contributed by atoms with E-state index in [4.69, 9.17) is 4.74 Å². The Labute approximate surface area is 196 Å². The Morgan fingerprint density at radius 1 is 1.12 bits per heavy atom. The summed E-state index contributed by atoms with van der Waals surface area (Å²) in [5.74, 6) is 1.13. The van der Waals surface area contributed by atoms with Crippen molar-refractivity contribution in [3.63, 3.8) is 0 Å². The third-order valence-corrected chi connectivity index (χ3v) is 5.90. The van der Waals surface area contributed by atoms with E-state index < -0.39 is 17.4 Å². The molecule has 4 aromatic rings. The van der Waals surface area contributed by atoms with Crippen molar-refractivity contribution in [1.82, 2.24) is 19.1 Å². The summed E-state index contributed by atoms with van der Waals surface area (Å²) in [5, 5.41) is 10.8. The van der Waals surface area contributed by atoms with Gasteiger partial charge in [-0.25, -0.2) is 4.79 Å². The first-order valence-corrected chi connectivity index (χ1v) is 11.1. The highest BCUT2D eigenvalue weighted by Gasteiger charge is 2.22. The predicted octanol–water partition coefficient (Wildman–Crippen LogP) is 2.12. The predicted molar refractivity (Wildman–Crippen MR) is 132 cm³/mol. The van der Waals surface area contributed by atoms with Crippen molar-refractivity contribution in [2.75, 3.05) is 18.6 Å². The molecule has 9 nitrogen and oxygen atoms in total. The molecule has 0 aliphatic carbocycles. The van der Waals surface area contributed by atoms with Gasteiger partial charge < -0.3 is 19.3 Å². The van der Waals surface area contributed by atoms with Crippen LogP contribution in [0.15, 0.2) is 58.1 Å². The van der Waals surface area contributed by atoms with Crippen molar-refractivity contribution in [2.45, 2.75) is 33.0 Å². The maximum atomic E-state index is 12.7. The first-order chi connectivity index (χ1) is 16.2. The summed E-state index contributed by atoms with van der Waals surface area (Å²) in [6, 6.07) is 15.6. The minimum absolute atomic E-state index is 0.0354. The lowest BCUT2D eigenvalue weighted by molar-refractivity contribution is 0.0936. The molecule has 2 aromatic heterocycles. The van der Waals surface area contributed by atoms with Crippen molar-refractivity contribution >= 4 is 17.1 Å². The molecule has 2 N–H and O–H groups in total. The SMILES string of the molecule is Cc1ccc(OC[C@@H](O)Cn2c(N(C)Cc3ccccc3)nc3c2c(=O)[nH]c(=O)n3C)cc1C. The zero-order valence-corrected chi connectivity index (χ0v) is 19.8. The van der Waals surface area contributed by atoms with Crippen LogP contribution in [0.25, 0.3) is 11.2 Å². The van der Waals surface area contributed by atoms with Crippen molar-refractivity contribution in [2.24, 2.45) is 7.05 Å². The van der Waals surface area contributed by atoms with Gasteiger partial charge in [0.2, 0.25) is 5.95 Å². The lowest BCUT2D eigenvalue weighted by atomic mass is 10.1. The molecule has 2 aromatic carbocycles. The third kappa shape index (κ3) is 4.74. The Kier molecular flexibility index (Phi) is 6.56. The van der Waals surface area contributed by atoms with E-state index in [1.165, 1.54) is 4.57 Å². The maximum Gasteiger partial charge on any atom is 0.329 e. The first-order valence-electron chi connectivity index (χ1n) is 11.1. The number of aliphatic hydroxyl groups is 1. The standard InChI is InChI=1S/C25H29N5O4/c1-16-10-11-20(12-17(16)2)34-15-19(31)14-30-21-22(29(4)25(33)27-23(21)32)26-24(30)28(3)13-18-8-6-5-7-9-18/h5-12,19,31H,13-15H2,1-4H3,(H,27,32,33)/t19-/m0/s1. The number of hydrogen-bond donors (Lipinski definition) is 2. The van der Waals surface area contributed by atoms with Crippen LogP contribution in [0.4, 0.5) is 5.95 Å². The largest absolute Gasteiger partial charge is 0.491 e. The second kappa shape index (κ2) is 9.56. The number of fused-ring (bicyclic) bond motifs is 1. The van der Waals surface area contributed by atoms with E-state index in [1.54, 1.807) is 11.6 Å². The van der Waals surface area contributed by atoms with Gasteiger partial charge in [-0.1, -0.05) is 36.4 Å².